The number of carbonyl (C=O) groups is 1. The number of nitrogens with zero attached hydrogens (tertiary/aromatic N) is 2. The quantitative estimate of drug-likeness (QED) is 0.721. The van der Waals surface area contributed by atoms with Gasteiger partial charge in [-0.25, -0.2) is 0 Å². The van der Waals surface area contributed by atoms with Gasteiger partial charge in [-0.3, -0.25) is 4.79 Å². The Bertz CT molecular complexity index is 404. The van der Waals surface area contributed by atoms with E-state index >= 15 is 0 Å². The molecule has 4 nitrogen and oxygen atoms in total. The summed E-state index contributed by atoms with van der Waals surface area (Å²) in [6, 6.07) is 3.86. The van der Waals surface area contributed by atoms with Gasteiger partial charge in [0.1, 0.15) is 11.5 Å². The molecule has 1 heterocycles. The highest BCUT2D eigenvalue weighted by Gasteiger charge is 2.21. The Balaban J connectivity index is 2.70. The van der Waals surface area contributed by atoms with Gasteiger partial charge in [0.15, 0.2) is 0 Å². The summed E-state index contributed by atoms with van der Waals surface area (Å²) in [4.78, 5) is 16.1. The molecule has 0 spiro atoms. The molecular weight excluding hydrogens is 308 g/mol. The van der Waals surface area contributed by atoms with Crippen molar-refractivity contribution in [2.45, 2.75) is 31.6 Å². The number of furan rings is 1. The van der Waals surface area contributed by atoms with E-state index in [1.807, 2.05) is 45.0 Å². The van der Waals surface area contributed by atoms with E-state index in [4.69, 9.17) is 4.42 Å². The molecule has 108 valence electrons. The van der Waals surface area contributed by atoms with Crippen molar-refractivity contribution >= 4 is 21.8 Å². The molecule has 0 N–H and O–H groups in total. The van der Waals surface area contributed by atoms with Crippen LogP contribution in [0.15, 0.2) is 16.5 Å². The van der Waals surface area contributed by atoms with Gasteiger partial charge in [0.2, 0.25) is 5.91 Å². The van der Waals surface area contributed by atoms with E-state index in [0.29, 0.717) is 13.1 Å². The maximum atomic E-state index is 12.3. The fraction of sp³-hybridized carbons (Fsp3) is 0.643. The van der Waals surface area contributed by atoms with Crippen molar-refractivity contribution < 1.29 is 9.21 Å². The van der Waals surface area contributed by atoms with Crippen molar-refractivity contribution in [1.82, 2.24) is 9.80 Å². The molecule has 0 aromatic carbocycles. The van der Waals surface area contributed by atoms with Crippen LogP contribution in [0.3, 0.4) is 0 Å². The maximum Gasteiger partial charge on any atom is 0.236 e. The molecule has 1 rings (SSSR count). The number of likely N-dealkylation sites (N-methyl/N-ethyl adjacent to an activating group) is 1. The Morgan fingerprint density at radius 1 is 1.37 bits per heavy atom. The Labute approximate surface area is 123 Å². The number of hydrogen-bond donors (Lipinski definition) is 0. The summed E-state index contributed by atoms with van der Waals surface area (Å²) in [5.41, 5.74) is 0. The van der Waals surface area contributed by atoms with Crippen LogP contribution in [0.4, 0.5) is 0 Å². The number of aryl methyl sites for hydroxylation is 1. The summed E-state index contributed by atoms with van der Waals surface area (Å²) in [6.07, 6.45) is 0.786. The SMILES string of the molecule is CCC(Br)C(=O)N(CCN(C)C)Cc1ccc(C)o1. The monoisotopic (exact) mass is 330 g/mol. The third-order valence-corrected chi connectivity index (χ3v) is 3.94. The van der Waals surface area contributed by atoms with Gasteiger partial charge in [0, 0.05) is 13.1 Å². The largest absolute Gasteiger partial charge is 0.464 e. The first-order valence-electron chi connectivity index (χ1n) is 6.57. The van der Waals surface area contributed by atoms with Crippen LogP contribution in [0.5, 0.6) is 0 Å². The van der Waals surface area contributed by atoms with Crippen molar-refractivity contribution in [3.8, 4) is 0 Å². The highest BCUT2D eigenvalue weighted by atomic mass is 79.9. The second-order valence-corrected chi connectivity index (χ2v) is 6.06. The second kappa shape index (κ2) is 7.70. The summed E-state index contributed by atoms with van der Waals surface area (Å²) in [7, 11) is 4.01. The standard InChI is InChI=1S/C14H23BrN2O2/c1-5-13(15)14(18)17(9-8-16(3)4)10-12-7-6-11(2)19-12/h6-7,13H,5,8-10H2,1-4H3. The van der Waals surface area contributed by atoms with Crippen LogP contribution in [-0.4, -0.2) is 47.7 Å². The Hall–Kier alpha value is -0.810. The fourth-order valence-electron chi connectivity index (χ4n) is 1.72. The average molecular weight is 331 g/mol. The number of alkyl halides is 1. The van der Waals surface area contributed by atoms with Crippen molar-refractivity contribution in [3.63, 3.8) is 0 Å². The Morgan fingerprint density at radius 2 is 2.05 bits per heavy atom. The highest BCUT2D eigenvalue weighted by molar-refractivity contribution is 9.10. The van der Waals surface area contributed by atoms with Gasteiger partial charge in [-0.2, -0.15) is 0 Å². The molecule has 1 aromatic heterocycles. The number of hydrogen-bond acceptors (Lipinski definition) is 3. The highest BCUT2D eigenvalue weighted by Crippen LogP contribution is 2.14. The molecule has 19 heavy (non-hydrogen) atoms. The molecular formula is C14H23BrN2O2. The summed E-state index contributed by atoms with van der Waals surface area (Å²) in [5.74, 6) is 1.83. The van der Waals surface area contributed by atoms with Crippen molar-refractivity contribution in [1.29, 1.82) is 0 Å². The van der Waals surface area contributed by atoms with Crippen LogP contribution < -0.4 is 0 Å². The van der Waals surface area contributed by atoms with Gasteiger partial charge < -0.3 is 14.2 Å². The molecule has 0 saturated carbocycles. The third kappa shape index (κ3) is 5.37. The van der Waals surface area contributed by atoms with Crippen LogP contribution in [0, 0.1) is 6.92 Å². The van der Waals surface area contributed by atoms with Crippen LogP contribution in [-0.2, 0) is 11.3 Å². The molecule has 1 unspecified atom stereocenters. The summed E-state index contributed by atoms with van der Waals surface area (Å²) < 4.78 is 5.56. The minimum Gasteiger partial charge on any atom is -0.464 e. The van der Waals surface area contributed by atoms with E-state index in [-0.39, 0.29) is 10.7 Å². The fourth-order valence-corrected chi connectivity index (χ4v) is 2.01. The molecule has 5 heteroatoms. The van der Waals surface area contributed by atoms with Crippen LogP contribution in [0.1, 0.15) is 24.9 Å². The number of rotatable bonds is 7. The van der Waals surface area contributed by atoms with E-state index in [2.05, 4.69) is 20.8 Å². The average Bonchev–Trinajstić information content (AvgIpc) is 2.77. The van der Waals surface area contributed by atoms with E-state index < -0.39 is 0 Å². The van der Waals surface area contributed by atoms with Gasteiger partial charge >= 0.3 is 0 Å². The molecule has 1 aromatic rings. The molecule has 1 atom stereocenters. The first kappa shape index (κ1) is 16.2. The van der Waals surface area contributed by atoms with E-state index in [9.17, 15) is 4.79 Å². The number of carbonyl (C=O) groups excluding carboxylic acids is 1. The molecule has 0 fully saturated rings. The first-order valence-corrected chi connectivity index (χ1v) is 7.48. The lowest BCUT2D eigenvalue weighted by Crippen LogP contribution is -2.40. The van der Waals surface area contributed by atoms with Crippen LogP contribution >= 0.6 is 15.9 Å². The first-order chi connectivity index (χ1) is 8.93. The van der Waals surface area contributed by atoms with Gasteiger partial charge in [-0.1, -0.05) is 22.9 Å². The van der Waals surface area contributed by atoms with Crippen molar-refractivity contribution in [3.05, 3.63) is 23.7 Å². The van der Waals surface area contributed by atoms with Crippen LogP contribution in [0.2, 0.25) is 0 Å². The lowest BCUT2D eigenvalue weighted by atomic mass is 10.2. The Morgan fingerprint density at radius 3 is 2.53 bits per heavy atom. The second-order valence-electron chi connectivity index (χ2n) is 4.95. The Kier molecular flexibility index (Phi) is 6.58. The van der Waals surface area contributed by atoms with Gasteiger partial charge in [-0.05, 0) is 39.6 Å². The van der Waals surface area contributed by atoms with E-state index in [1.165, 1.54) is 0 Å². The molecule has 1 amide bonds. The zero-order chi connectivity index (χ0) is 14.4. The van der Waals surface area contributed by atoms with Crippen LogP contribution in [0.25, 0.3) is 0 Å². The smallest absolute Gasteiger partial charge is 0.236 e. The minimum absolute atomic E-state index is 0.120. The van der Waals surface area contributed by atoms with Gasteiger partial charge in [0.05, 0.1) is 11.4 Å². The molecule has 0 saturated heterocycles. The lowest BCUT2D eigenvalue weighted by molar-refractivity contribution is -0.131. The zero-order valence-corrected chi connectivity index (χ0v) is 13.7. The predicted molar refractivity (Wildman–Crippen MR) is 80.4 cm³/mol. The predicted octanol–water partition coefficient (Wildman–Crippen LogP) is 2.65. The van der Waals surface area contributed by atoms with E-state index in [1.54, 1.807) is 0 Å². The number of halogens is 1. The lowest BCUT2D eigenvalue weighted by Gasteiger charge is -2.25. The number of amides is 1. The molecule has 0 bridgehead atoms. The maximum absolute atomic E-state index is 12.3. The molecule has 0 aliphatic heterocycles. The molecule has 0 radical (unpaired) electrons. The summed E-state index contributed by atoms with van der Waals surface area (Å²) in [6.45, 7) is 5.98. The normalized spacial score (nSPS) is 12.7. The zero-order valence-electron chi connectivity index (χ0n) is 12.1. The van der Waals surface area contributed by atoms with E-state index in [0.717, 1.165) is 24.5 Å². The molecule has 0 aliphatic rings. The third-order valence-electron chi connectivity index (χ3n) is 2.90. The van der Waals surface area contributed by atoms with Crippen molar-refractivity contribution in [2.24, 2.45) is 0 Å². The van der Waals surface area contributed by atoms with Gasteiger partial charge in [-0.15, -0.1) is 0 Å². The molecule has 0 aliphatic carbocycles. The van der Waals surface area contributed by atoms with Crippen molar-refractivity contribution in [2.75, 3.05) is 27.2 Å². The van der Waals surface area contributed by atoms with Gasteiger partial charge in [0.25, 0.3) is 0 Å². The minimum atomic E-state index is -0.120. The summed E-state index contributed by atoms with van der Waals surface area (Å²) in [5, 5.41) is 0. The summed E-state index contributed by atoms with van der Waals surface area (Å²) >= 11 is 3.43. The topological polar surface area (TPSA) is 36.7 Å².